The lowest BCUT2D eigenvalue weighted by Crippen LogP contribution is -2.07. The van der Waals surface area contributed by atoms with Gasteiger partial charge >= 0.3 is 0 Å². The molecule has 3 rings (SSSR count). The maximum absolute atomic E-state index is 12.7. The number of carbonyl (C=O) groups excluding carboxylic acids is 1. The monoisotopic (exact) mass is 321 g/mol. The van der Waals surface area contributed by atoms with E-state index in [4.69, 9.17) is 0 Å². The maximum Gasteiger partial charge on any atom is 0.203 e. The van der Waals surface area contributed by atoms with Crippen molar-refractivity contribution in [1.82, 2.24) is 0 Å². The average Bonchev–Trinajstić information content (AvgIpc) is 3.01. The molecular formula is C20H19NOS. The Kier molecular flexibility index (Phi) is 4.30. The average molecular weight is 321 g/mol. The third kappa shape index (κ3) is 3.20. The topological polar surface area (TPSA) is 20.3 Å². The van der Waals surface area contributed by atoms with Crippen molar-refractivity contribution in [3.05, 3.63) is 76.7 Å². The van der Waals surface area contributed by atoms with Gasteiger partial charge in [-0.3, -0.25) is 4.79 Å². The van der Waals surface area contributed by atoms with Crippen LogP contribution in [0.5, 0.6) is 0 Å². The lowest BCUT2D eigenvalue weighted by molar-refractivity contribution is 0.104. The largest absolute Gasteiger partial charge is 0.369 e. The second-order valence-corrected chi connectivity index (χ2v) is 6.82. The van der Waals surface area contributed by atoms with Gasteiger partial charge in [0, 0.05) is 25.2 Å². The zero-order chi connectivity index (χ0) is 16.4. The summed E-state index contributed by atoms with van der Waals surface area (Å²) in [6.07, 6.45) is 0. The number of hydrogen-bond donors (Lipinski definition) is 0. The van der Waals surface area contributed by atoms with Crippen molar-refractivity contribution in [3.8, 4) is 11.1 Å². The van der Waals surface area contributed by atoms with Crippen molar-refractivity contribution < 1.29 is 4.79 Å². The Morgan fingerprint density at radius 3 is 2.22 bits per heavy atom. The molecule has 0 fully saturated rings. The second-order valence-electron chi connectivity index (χ2n) is 5.79. The highest BCUT2D eigenvalue weighted by molar-refractivity contribution is 7.18. The fourth-order valence-corrected chi connectivity index (χ4v) is 3.56. The molecule has 3 aromatic rings. The van der Waals surface area contributed by atoms with Crippen molar-refractivity contribution >= 4 is 22.1 Å². The third-order valence-electron chi connectivity index (χ3n) is 3.74. The summed E-state index contributed by atoms with van der Waals surface area (Å²) in [4.78, 5) is 15.6. The second kappa shape index (κ2) is 6.39. The zero-order valence-electron chi connectivity index (χ0n) is 13.5. The molecule has 0 aliphatic heterocycles. The maximum atomic E-state index is 12.7. The van der Waals surface area contributed by atoms with Crippen molar-refractivity contribution in [1.29, 1.82) is 0 Å². The first-order chi connectivity index (χ1) is 11.1. The molecule has 1 heterocycles. The van der Waals surface area contributed by atoms with Gasteiger partial charge in [-0.15, -0.1) is 11.3 Å². The molecule has 3 heteroatoms. The molecule has 0 spiro atoms. The molecule has 116 valence electrons. The summed E-state index contributed by atoms with van der Waals surface area (Å²) in [6, 6.07) is 19.9. The number of carbonyl (C=O) groups is 1. The van der Waals surface area contributed by atoms with Crippen LogP contribution in [0.2, 0.25) is 0 Å². The molecular weight excluding hydrogens is 302 g/mol. The predicted octanol–water partition coefficient (Wildman–Crippen LogP) is 5.02. The molecule has 0 atom stereocenters. The van der Waals surface area contributed by atoms with Crippen LogP contribution in [0.4, 0.5) is 5.00 Å². The summed E-state index contributed by atoms with van der Waals surface area (Å²) in [5, 5.41) is 1.10. The number of anilines is 1. The molecule has 0 bridgehead atoms. The van der Waals surface area contributed by atoms with Gasteiger partial charge in [-0.2, -0.15) is 0 Å². The van der Waals surface area contributed by atoms with Crippen LogP contribution in [-0.2, 0) is 0 Å². The highest BCUT2D eigenvalue weighted by Crippen LogP contribution is 2.38. The summed E-state index contributed by atoms with van der Waals surface area (Å²) in [7, 11) is 4.03. The van der Waals surface area contributed by atoms with E-state index in [0.717, 1.165) is 26.6 Å². The van der Waals surface area contributed by atoms with Gasteiger partial charge in [0.15, 0.2) is 0 Å². The van der Waals surface area contributed by atoms with Crippen LogP contribution in [0.25, 0.3) is 11.1 Å². The lowest BCUT2D eigenvalue weighted by atomic mass is 10.0. The normalized spacial score (nSPS) is 10.6. The Morgan fingerprint density at radius 1 is 0.957 bits per heavy atom. The minimum Gasteiger partial charge on any atom is -0.369 e. The summed E-state index contributed by atoms with van der Waals surface area (Å²) in [6.45, 7) is 2.08. The van der Waals surface area contributed by atoms with E-state index in [2.05, 4.69) is 36.1 Å². The van der Waals surface area contributed by atoms with Gasteiger partial charge in [-0.05, 0) is 18.6 Å². The van der Waals surface area contributed by atoms with E-state index in [1.54, 1.807) is 11.3 Å². The van der Waals surface area contributed by atoms with Crippen LogP contribution in [0.3, 0.4) is 0 Å². The van der Waals surface area contributed by atoms with Crippen LogP contribution in [0, 0.1) is 6.92 Å². The van der Waals surface area contributed by atoms with Gasteiger partial charge < -0.3 is 4.90 Å². The van der Waals surface area contributed by atoms with Crippen molar-refractivity contribution in [2.75, 3.05) is 19.0 Å². The van der Waals surface area contributed by atoms with Crippen LogP contribution in [0.15, 0.2) is 60.7 Å². The lowest BCUT2D eigenvalue weighted by Gasteiger charge is -2.12. The molecule has 0 amide bonds. The molecule has 1 aromatic heterocycles. The van der Waals surface area contributed by atoms with Crippen molar-refractivity contribution in [2.24, 2.45) is 0 Å². The van der Waals surface area contributed by atoms with E-state index in [1.807, 2.05) is 50.5 Å². The number of nitrogens with zero attached hydrogens (tertiary/aromatic N) is 1. The van der Waals surface area contributed by atoms with E-state index >= 15 is 0 Å². The van der Waals surface area contributed by atoms with E-state index in [9.17, 15) is 4.79 Å². The first-order valence-corrected chi connectivity index (χ1v) is 8.36. The number of thiophene rings is 1. The van der Waals surface area contributed by atoms with E-state index < -0.39 is 0 Å². The van der Waals surface area contributed by atoms with Gasteiger partial charge in [0.1, 0.15) is 0 Å². The molecule has 2 nitrogen and oxygen atoms in total. The third-order valence-corrected chi connectivity index (χ3v) is 5.04. The summed E-state index contributed by atoms with van der Waals surface area (Å²) in [5.41, 5.74) is 4.22. The number of rotatable bonds is 4. The number of benzene rings is 2. The van der Waals surface area contributed by atoms with Gasteiger partial charge in [-0.1, -0.05) is 60.2 Å². The molecule has 2 aromatic carbocycles. The Balaban J connectivity index is 2.06. The number of aryl methyl sites for hydroxylation is 1. The van der Waals surface area contributed by atoms with Gasteiger partial charge in [0.2, 0.25) is 5.78 Å². The standard InChI is InChI=1S/C20H19NOS/c1-14-9-11-15(12-10-14)17-13-18(23-20(17)21(2)3)19(22)16-7-5-4-6-8-16/h4-13H,1-3H3. The van der Waals surface area contributed by atoms with E-state index in [0.29, 0.717) is 0 Å². The van der Waals surface area contributed by atoms with Crippen molar-refractivity contribution in [2.45, 2.75) is 6.92 Å². The van der Waals surface area contributed by atoms with Crippen LogP contribution in [0.1, 0.15) is 20.8 Å². The molecule has 0 unspecified atom stereocenters. The SMILES string of the molecule is Cc1ccc(-c2cc(C(=O)c3ccccc3)sc2N(C)C)cc1. The summed E-state index contributed by atoms with van der Waals surface area (Å²) in [5.74, 6) is 0.0806. The van der Waals surface area contributed by atoms with E-state index in [-0.39, 0.29) is 5.78 Å². The van der Waals surface area contributed by atoms with Crippen LogP contribution < -0.4 is 4.90 Å². The van der Waals surface area contributed by atoms with E-state index in [1.165, 1.54) is 5.56 Å². The molecule has 0 saturated carbocycles. The fourth-order valence-electron chi connectivity index (χ4n) is 2.50. The highest BCUT2D eigenvalue weighted by Gasteiger charge is 2.18. The Hall–Kier alpha value is -2.39. The number of ketones is 1. The predicted molar refractivity (Wildman–Crippen MR) is 98.7 cm³/mol. The Bertz CT molecular complexity index is 817. The zero-order valence-corrected chi connectivity index (χ0v) is 14.4. The quantitative estimate of drug-likeness (QED) is 0.629. The molecule has 0 aliphatic carbocycles. The Labute approximate surface area is 141 Å². The first-order valence-electron chi connectivity index (χ1n) is 7.54. The fraction of sp³-hybridized carbons (Fsp3) is 0.150. The van der Waals surface area contributed by atoms with Crippen LogP contribution in [-0.4, -0.2) is 19.9 Å². The first kappa shape index (κ1) is 15.5. The van der Waals surface area contributed by atoms with Crippen molar-refractivity contribution in [3.63, 3.8) is 0 Å². The summed E-state index contributed by atoms with van der Waals surface area (Å²) < 4.78 is 0. The molecule has 0 aliphatic rings. The molecule has 0 saturated heterocycles. The van der Waals surface area contributed by atoms with Crippen LogP contribution >= 0.6 is 11.3 Å². The molecule has 23 heavy (non-hydrogen) atoms. The smallest absolute Gasteiger partial charge is 0.203 e. The summed E-state index contributed by atoms with van der Waals surface area (Å²) >= 11 is 1.55. The minimum atomic E-state index is 0.0806. The Morgan fingerprint density at radius 2 is 1.61 bits per heavy atom. The highest BCUT2D eigenvalue weighted by atomic mass is 32.1. The minimum absolute atomic E-state index is 0.0806. The molecule has 0 N–H and O–H groups in total. The molecule has 0 radical (unpaired) electrons. The van der Waals surface area contributed by atoms with Gasteiger partial charge in [0.05, 0.1) is 9.88 Å². The van der Waals surface area contributed by atoms with Gasteiger partial charge in [0.25, 0.3) is 0 Å². The number of hydrogen-bond acceptors (Lipinski definition) is 3. The van der Waals surface area contributed by atoms with Gasteiger partial charge in [-0.25, -0.2) is 0 Å².